The summed E-state index contributed by atoms with van der Waals surface area (Å²) in [5.74, 6) is -0.0257. The maximum absolute atomic E-state index is 12.5. The molecule has 2 rings (SSSR count). The van der Waals surface area contributed by atoms with Crippen LogP contribution in [0.4, 0.5) is 0 Å². The first kappa shape index (κ1) is 18.2. The molecule has 0 radical (unpaired) electrons. The molecule has 0 aliphatic carbocycles. The van der Waals surface area contributed by atoms with Gasteiger partial charge in [-0.05, 0) is 18.3 Å². The summed E-state index contributed by atoms with van der Waals surface area (Å²) in [7, 11) is 0. The molecule has 5 atom stereocenters. The Bertz CT molecular complexity index is 433. The molecular weight excluding hydrogens is 300 g/mol. The second kappa shape index (κ2) is 7.62. The third kappa shape index (κ3) is 4.44. The average molecular weight is 328 g/mol. The Labute approximate surface area is 137 Å². The van der Waals surface area contributed by atoms with Crippen LogP contribution in [0.25, 0.3) is 0 Å². The summed E-state index contributed by atoms with van der Waals surface area (Å²) in [5, 5.41) is 0. The molecule has 0 aromatic carbocycles. The number of carbonyl (C=O) groups is 2. The zero-order valence-corrected chi connectivity index (χ0v) is 14.6. The van der Waals surface area contributed by atoms with E-state index in [0.29, 0.717) is 5.92 Å². The fourth-order valence-corrected chi connectivity index (χ4v) is 3.23. The minimum Gasteiger partial charge on any atom is -0.457 e. The first-order chi connectivity index (χ1) is 10.8. The minimum absolute atomic E-state index is 0.125. The lowest BCUT2D eigenvalue weighted by molar-refractivity contribution is -0.161. The Morgan fingerprint density at radius 2 is 1.52 bits per heavy atom. The summed E-state index contributed by atoms with van der Waals surface area (Å²) in [6, 6.07) is 0. The molecule has 23 heavy (non-hydrogen) atoms. The molecule has 2 aliphatic rings. The lowest BCUT2D eigenvalue weighted by Gasteiger charge is -2.24. The van der Waals surface area contributed by atoms with Crippen LogP contribution in [0.1, 0.15) is 41.0 Å². The van der Waals surface area contributed by atoms with Gasteiger partial charge in [-0.2, -0.15) is 0 Å². The first-order valence-electron chi connectivity index (χ1n) is 8.40. The van der Waals surface area contributed by atoms with E-state index in [4.69, 9.17) is 18.9 Å². The predicted octanol–water partition coefficient (Wildman–Crippen LogP) is 1.95. The minimum atomic E-state index is -0.429. The predicted molar refractivity (Wildman–Crippen MR) is 82.7 cm³/mol. The first-order valence-corrected chi connectivity index (χ1v) is 8.40. The van der Waals surface area contributed by atoms with Crippen molar-refractivity contribution in [3.05, 3.63) is 0 Å². The van der Waals surface area contributed by atoms with Crippen molar-refractivity contribution in [1.82, 2.24) is 0 Å². The van der Waals surface area contributed by atoms with E-state index in [9.17, 15) is 9.59 Å². The molecule has 2 aliphatic heterocycles. The molecule has 2 fully saturated rings. The number of rotatable bonds is 6. The van der Waals surface area contributed by atoms with Crippen LogP contribution < -0.4 is 0 Å². The van der Waals surface area contributed by atoms with Crippen LogP contribution in [0, 0.1) is 17.8 Å². The van der Waals surface area contributed by atoms with E-state index in [2.05, 4.69) is 13.8 Å². The van der Waals surface area contributed by atoms with E-state index < -0.39 is 12.2 Å². The van der Waals surface area contributed by atoms with E-state index in [0.717, 1.165) is 6.42 Å². The van der Waals surface area contributed by atoms with E-state index in [1.54, 1.807) is 0 Å². The Hall–Kier alpha value is -1.14. The molecule has 6 heteroatoms. The van der Waals surface area contributed by atoms with Crippen molar-refractivity contribution in [2.24, 2.45) is 17.8 Å². The van der Waals surface area contributed by atoms with Crippen molar-refractivity contribution in [1.29, 1.82) is 0 Å². The normalized spacial score (nSPS) is 31.3. The van der Waals surface area contributed by atoms with E-state index in [1.807, 2.05) is 13.8 Å². The average Bonchev–Trinajstić information content (AvgIpc) is 2.99. The van der Waals surface area contributed by atoms with Gasteiger partial charge < -0.3 is 18.9 Å². The maximum Gasteiger partial charge on any atom is 0.309 e. The van der Waals surface area contributed by atoms with Gasteiger partial charge in [0.25, 0.3) is 0 Å². The SMILES string of the molecule is CC(=O)OC1COC2C(OC(=O)C(CC(C)C)C(C)C)COC12. The topological polar surface area (TPSA) is 71.1 Å². The smallest absolute Gasteiger partial charge is 0.309 e. The van der Waals surface area contributed by atoms with Gasteiger partial charge in [0.05, 0.1) is 19.1 Å². The molecule has 0 bridgehead atoms. The fourth-order valence-electron chi connectivity index (χ4n) is 3.23. The largest absolute Gasteiger partial charge is 0.457 e. The quantitative estimate of drug-likeness (QED) is 0.694. The number of hydrogen-bond acceptors (Lipinski definition) is 6. The zero-order valence-electron chi connectivity index (χ0n) is 14.6. The summed E-state index contributed by atoms with van der Waals surface area (Å²) >= 11 is 0. The molecule has 0 aromatic rings. The van der Waals surface area contributed by atoms with Gasteiger partial charge in [-0.3, -0.25) is 9.59 Å². The van der Waals surface area contributed by atoms with Gasteiger partial charge in [0, 0.05) is 6.92 Å². The van der Waals surface area contributed by atoms with Crippen molar-refractivity contribution in [3.8, 4) is 0 Å². The van der Waals surface area contributed by atoms with Crippen molar-refractivity contribution in [3.63, 3.8) is 0 Å². The lowest BCUT2D eigenvalue weighted by atomic mass is 9.87. The summed E-state index contributed by atoms with van der Waals surface area (Å²) in [6.45, 7) is 10.2. The summed E-state index contributed by atoms with van der Waals surface area (Å²) in [5.41, 5.74) is 0. The molecule has 0 aromatic heterocycles. The van der Waals surface area contributed by atoms with Gasteiger partial charge in [-0.15, -0.1) is 0 Å². The fraction of sp³-hybridized carbons (Fsp3) is 0.882. The Morgan fingerprint density at radius 1 is 1.00 bits per heavy atom. The standard InChI is InChI=1S/C17H28O6/c1-9(2)6-12(10(3)4)17(19)23-14-8-21-15-13(22-11(5)18)7-20-16(14)15/h9-10,12-16H,6-8H2,1-5H3. The van der Waals surface area contributed by atoms with Gasteiger partial charge in [0.1, 0.15) is 12.2 Å². The molecule has 0 saturated carbocycles. The number of hydrogen-bond donors (Lipinski definition) is 0. The molecule has 2 heterocycles. The molecule has 6 nitrogen and oxygen atoms in total. The van der Waals surface area contributed by atoms with Crippen molar-refractivity contribution in [2.75, 3.05) is 13.2 Å². The van der Waals surface area contributed by atoms with Crippen molar-refractivity contribution in [2.45, 2.75) is 65.5 Å². The third-order valence-corrected chi connectivity index (χ3v) is 4.38. The summed E-state index contributed by atoms with van der Waals surface area (Å²) in [6.07, 6.45) is -0.747. The number of ether oxygens (including phenoxy) is 4. The third-order valence-electron chi connectivity index (χ3n) is 4.38. The van der Waals surface area contributed by atoms with Crippen molar-refractivity contribution < 1.29 is 28.5 Å². The molecule has 2 saturated heterocycles. The van der Waals surface area contributed by atoms with Crippen LogP contribution in [-0.2, 0) is 28.5 Å². The van der Waals surface area contributed by atoms with Crippen LogP contribution >= 0.6 is 0 Å². The van der Waals surface area contributed by atoms with Gasteiger partial charge in [0.2, 0.25) is 0 Å². The monoisotopic (exact) mass is 328 g/mol. The van der Waals surface area contributed by atoms with Gasteiger partial charge in [0.15, 0.2) is 12.2 Å². The van der Waals surface area contributed by atoms with Gasteiger partial charge in [-0.1, -0.05) is 27.7 Å². The van der Waals surface area contributed by atoms with Crippen LogP contribution in [0.3, 0.4) is 0 Å². The second-order valence-corrected chi connectivity index (χ2v) is 7.20. The Kier molecular flexibility index (Phi) is 6.03. The summed E-state index contributed by atoms with van der Waals surface area (Å²) in [4.78, 5) is 23.6. The maximum atomic E-state index is 12.5. The highest BCUT2D eigenvalue weighted by Crippen LogP contribution is 2.32. The van der Waals surface area contributed by atoms with Crippen LogP contribution in [0.15, 0.2) is 0 Å². The van der Waals surface area contributed by atoms with Gasteiger partial charge >= 0.3 is 11.9 Å². The molecule has 132 valence electrons. The molecule has 5 unspecified atom stereocenters. The number of esters is 2. The molecular formula is C17H28O6. The Morgan fingerprint density at radius 3 is 1.96 bits per heavy atom. The van der Waals surface area contributed by atoms with Crippen LogP contribution in [0.2, 0.25) is 0 Å². The van der Waals surface area contributed by atoms with E-state index >= 15 is 0 Å². The van der Waals surface area contributed by atoms with E-state index in [-0.39, 0.29) is 49.2 Å². The molecule has 0 spiro atoms. The lowest BCUT2D eigenvalue weighted by Crippen LogP contribution is -2.37. The Balaban J connectivity index is 1.93. The summed E-state index contributed by atoms with van der Waals surface area (Å²) < 4.78 is 22.2. The highest BCUT2D eigenvalue weighted by molar-refractivity contribution is 5.73. The number of fused-ring (bicyclic) bond motifs is 1. The van der Waals surface area contributed by atoms with Crippen molar-refractivity contribution >= 4 is 11.9 Å². The van der Waals surface area contributed by atoms with E-state index in [1.165, 1.54) is 6.92 Å². The van der Waals surface area contributed by atoms with Crippen LogP contribution in [-0.4, -0.2) is 49.6 Å². The second-order valence-electron chi connectivity index (χ2n) is 7.20. The molecule has 0 N–H and O–H groups in total. The van der Waals surface area contributed by atoms with Gasteiger partial charge in [-0.25, -0.2) is 0 Å². The highest BCUT2D eigenvalue weighted by atomic mass is 16.7. The van der Waals surface area contributed by atoms with Crippen LogP contribution in [0.5, 0.6) is 0 Å². The molecule has 0 amide bonds. The highest BCUT2D eigenvalue weighted by Gasteiger charge is 2.51. The zero-order chi connectivity index (χ0) is 17.1. The number of carbonyl (C=O) groups excluding carboxylic acids is 2.